The molecule has 2 N–H and O–H groups in total. The fourth-order valence-electron chi connectivity index (χ4n) is 2.81. The van der Waals surface area contributed by atoms with Crippen molar-refractivity contribution in [3.05, 3.63) is 53.1 Å². The van der Waals surface area contributed by atoms with Gasteiger partial charge in [0.15, 0.2) is 6.10 Å². The Bertz CT molecular complexity index is 1170. The van der Waals surface area contributed by atoms with Gasteiger partial charge in [-0.2, -0.15) is 0 Å². The molecule has 1 aliphatic heterocycles. The van der Waals surface area contributed by atoms with E-state index in [0.29, 0.717) is 22.0 Å². The lowest BCUT2D eigenvalue weighted by Gasteiger charge is -2.16. The molecule has 0 radical (unpaired) electrons. The smallest absolute Gasteiger partial charge is 0.331 e. The Balaban J connectivity index is 1.68. The van der Waals surface area contributed by atoms with E-state index in [0.717, 1.165) is 0 Å². The Morgan fingerprint density at radius 2 is 1.87 bits per heavy atom. The van der Waals surface area contributed by atoms with Crippen LogP contribution in [0.5, 0.6) is 5.75 Å². The van der Waals surface area contributed by atoms with Crippen molar-refractivity contribution in [1.29, 1.82) is 0 Å². The molecular weight excluding hydrogens is 446 g/mol. The maximum atomic E-state index is 12.4. The summed E-state index contributed by atoms with van der Waals surface area (Å²) in [6.07, 6.45) is -1.15. The molecule has 31 heavy (non-hydrogen) atoms. The number of nitrogens with zero attached hydrogens (tertiary/aromatic N) is 1. The molecular formula is C20H20ClN3O6S. The second kappa shape index (κ2) is 8.94. The van der Waals surface area contributed by atoms with Crippen LogP contribution in [0.25, 0.3) is 0 Å². The molecule has 2 aromatic carbocycles. The number of amides is 1. The zero-order valence-electron chi connectivity index (χ0n) is 16.9. The van der Waals surface area contributed by atoms with Crippen LogP contribution >= 0.6 is 11.6 Å². The number of fused-ring (bicyclic) bond motifs is 1. The Hall–Kier alpha value is -3.11. The van der Waals surface area contributed by atoms with Crippen LogP contribution in [0, 0.1) is 0 Å². The molecule has 9 nitrogen and oxygen atoms in total. The second-order valence-electron chi connectivity index (χ2n) is 6.67. The normalized spacial score (nSPS) is 17.2. The highest BCUT2D eigenvalue weighted by Crippen LogP contribution is 2.28. The van der Waals surface area contributed by atoms with Gasteiger partial charge in [-0.3, -0.25) is 14.5 Å². The van der Waals surface area contributed by atoms with Gasteiger partial charge >= 0.3 is 5.97 Å². The fraction of sp³-hybridized carbons (Fsp3) is 0.250. The minimum atomic E-state index is -3.73. The van der Waals surface area contributed by atoms with Crippen LogP contribution in [-0.4, -0.2) is 45.4 Å². The SMILES string of the molecule is COc1ccc(Cl)cc1NC(=O)C(C)OC(=O)C(C)N=C1NS(=O)(=O)c2ccccc21. The van der Waals surface area contributed by atoms with Gasteiger partial charge in [0.05, 0.1) is 17.7 Å². The molecule has 0 saturated heterocycles. The van der Waals surface area contributed by atoms with Crippen LogP contribution in [0.3, 0.4) is 0 Å². The zero-order valence-corrected chi connectivity index (χ0v) is 18.5. The van der Waals surface area contributed by atoms with E-state index in [4.69, 9.17) is 21.1 Å². The summed E-state index contributed by atoms with van der Waals surface area (Å²) in [7, 11) is -2.28. The number of esters is 1. The number of carbonyl (C=O) groups excluding carboxylic acids is 2. The summed E-state index contributed by atoms with van der Waals surface area (Å²) < 4.78 is 37.0. The number of sulfonamides is 1. The number of rotatable bonds is 6. The highest BCUT2D eigenvalue weighted by atomic mass is 35.5. The summed E-state index contributed by atoms with van der Waals surface area (Å²) in [6.45, 7) is 2.84. The standard InChI is InChI=1S/C20H20ClN3O6S/c1-11(22-18-14-6-4-5-7-17(14)31(27,28)24-18)20(26)30-12(2)19(25)23-15-10-13(21)8-9-16(15)29-3/h4-12H,1-3H3,(H,22,24)(H,23,25). The van der Waals surface area contributed by atoms with Gasteiger partial charge in [0.2, 0.25) is 0 Å². The highest BCUT2D eigenvalue weighted by molar-refractivity contribution is 7.90. The lowest BCUT2D eigenvalue weighted by Crippen LogP contribution is -2.34. The molecule has 3 rings (SSSR count). The van der Waals surface area contributed by atoms with E-state index < -0.39 is 34.0 Å². The molecule has 0 bridgehead atoms. The van der Waals surface area contributed by atoms with E-state index in [-0.39, 0.29) is 10.7 Å². The van der Waals surface area contributed by atoms with E-state index in [2.05, 4.69) is 15.0 Å². The summed E-state index contributed by atoms with van der Waals surface area (Å²) in [4.78, 5) is 29.1. The van der Waals surface area contributed by atoms with Crippen LogP contribution < -0.4 is 14.8 Å². The summed E-state index contributed by atoms with van der Waals surface area (Å²) in [6, 6.07) is 9.93. The van der Waals surface area contributed by atoms with Crippen molar-refractivity contribution in [2.75, 3.05) is 12.4 Å². The lowest BCUT2D eigenvalue weighted by atomic mass is 10.2. The number of benzene rings is 2. The van der Waals surface area contributed by atoms with E-state index in [9.17, 15) is 18.0 Å². The van der Waals surface area contributed by atoms with Gasteiger partial charge < -0.3 is 14.8 Å². The third-order valence-electron chi connectivity index (χ3n) is 4.41. The van der Waals surface area contributed by atoms with Crippen molar-refractivity contribution in [3.8, 4) is 5.75 Å². The Kier molecular flexibility index (Phi) is 6.51. The Morgan fingerprint density at radius 3 is 2.58 bits per heavy atom. The number of nitrogens with one attached hydrogen (secondary N) is 2. The van der Waals surface area contributed by atoms with Crippen molar-refractivity contribution in [1.82, 2.24) is 4.72 Å². The van der Waals surface area contributed by atoms with Crippen LogP contribution in [0.1, 0.15) is 19.4 Å². The molecule has 1 aliphatic rings. The van der Waals surface area contributed by atoms with Gasteiger partial charge in [0, 0.05) is 10.6 Å². The number of carbonyl (C=O) groups is 2. The van der Waals surface area contributed by atoms with Gasteiger partial charge in [-0.15, -0.1) is 0 Å². The van der Waals surface area contributed by atoms with Crippen molar-refractivity contribution < 1.29 is 27.5 Å². The minimum absolute atomic E-state index is 0.0424. The molecule has 0 aromatic heterocycles. The van der Waals surface area contributed by atoms with Gasteiger partial charge in [-0.05, 0) is 44.2 Å². The molecule has 1 amide bonds. The number of methoxy groups -OCH3 is 1. The molecule has 0 saturated carbocycles. The Morgan fingerprint density at radius 1 is 1.16 bits per heavy atom. The number of halogens is 1. The number of amidine groups is 1. The van der Waals surface area contributed by atoms with Crippen LogP contribution in [-0.2, 0) is 24.3 Å². The molecule has 0 fully saturated rings. The van der Waals surface area contributed by atoms with Crippen molar-refractivity contribution in [2.45, 2.75) is 30.9 Å². The molecule has 1 heterocycles. The molecule has 2 unspecified atom stereocenters. The molecule has 164 valence electrons. The molecule has 0 aliphatic carbocycles. The number of ether oxygens (including phenoxy) is 2. The summed E-state index contributed by atoms with van der Waals surface area (Å²) in [5, 5.41) is 2.98. The van der Waals surface area contributed by atoms with Crippen LogP contribution in [0.4, 0.5) is 5.69 Å². The summed E-state index contributed by atoms with van der Waals surface area (Å²) >= 11 is 5.94. The van der Waals surface area contributed by atoms with Gasteiger partial charge in [-0.1, -0.05) is 23.7 Å². The van der Waals surface area contributed by atoms with E-state index >= 15 is 0 Å². The first kappa shape index (κ1) is 22.6. The van der Waals surface area contributed by atoms with Gasteiger partial charge in [0.25, 0.3) is 15.9 Å². The van der Waals surface area contributed by atoms with Crippen molar-refractivity contribution in [3.63, 3.8) is 0 Å². The van der Waals surface area contributed by atoms with E-state index in [1.54, 1.807) is 30.3 Å². The first-order valence-electron chi connectivity index (χ1n) is 9.17. The quantitative estimate of drug-likeness (QED) is 0.631. The number of hydrogen-bond donors (Lipinski definition) is 2. The number of aliphatic imine (C=N–C) groups is 1. The second-order valence-corrected chi connectivity index (χ2v) is 8.76. The molecule has 0 spiro atoms. The average Bonchev–Trinajstić information content (AvgIpc) is 2.98. The van der Waals surface area contributed by atoms with Crippen molar-refractivity contribution >= 4 is 45.0 Å². The van der Waals surface area contributed by atoms with Crippen LogP contribution in [0.2, 0.25) is 5.02 Å². The summed E-state index contributed by atoms with van der Waals surface area (Å²) in [5.74, 6) is -0.957. The minimum Gasteiger partial charge on any atom is -0.495 e. The topological polar surface area (TPSA) is 123 Å². The first-order valence-corrected chi connectivity index (χ1v) is 11.0. The predicted molar refractivity (Wildman–Crippen MR) is 115 cm³/mol. The predicted octanol–water partition coefficient (Wildman–Crippen LogP) is 2.35. The summed E-state index contributed by atoms with van der Waals surface area (Å²) in [5.41, 5.74) is 0.689. The van der Waals surface area contributed by atoms with Crippen molar-refractivity contribution in [2.24, 2.45) is 4.99 Å². The van der Waals surface area contributed by atoms with Gasteiger partial charge in [0.1, 0.15) is 17.6 Å². The van der Waals surface area contributed by atoms with E-state index in [1.807, 2.05) is 0 Å². The fourth-order valence-corrected chi connectivity index (χ4v) is 4.23. The monoisotopic (exact) mass is 465 g/mol. The average molecular weight is 466 g/mol. The third kappa shape index (κ3) is 4.97. The maximum absolute atomic E-state index is 12.4. The lowest BCUT2D eigenvalue weighted by molar-refractivity contribution is -0.153. The first-order chi connectivity index (χ1) is 14.6. The third-order valence-corrected chi connectivity index (χ3v) is 6.04. The maximum Gasteiger partial charge on any atom is 0.331 e. The Labute approximate surface area is 184 Å². The van der Waals surface area contributed by atoms with Crippen LogP contribution in [0.15, 0.2) is 52.4 Å². The molecule has 11 heteroatoms. The van der Waals surface area contributed by atoms with Gasteiger partial charge in [-0.25, -0.2) is 13.2 Å². The largest absolute Gasteiger partial charge is 0.495 e. The molecule has 2 atom stereocenters. The highest BCUT2D eigenvalue weighted by Gasteiger charge is 2.31. The van der Waals surface area contributed by atoms with E-state index in [1.165, 1.54) is 33.1 Å². The number of hydrogen-bond acceptors (Lipinski definition) is 7. The number of anilines is 1. The molecule has 2 aromatic rings. The zero-order chi connectivity index (χ0) is 22.8.